The van der Waals surface area contributed by atoms with Crippen LogP contribution in [0.3, 0.4) is 0 Å². The minimum atomic E-state index is -0.531. The lowest BCUT2D eigenvalue weighted by Gasteiger charge is -2.23. The zero-order valence-corrected chi connectivity index (χ0v) is 10.3. The molecule has 1 saturated heterocycles. The molecule has 1 N–H and O–H groups in total. The van der Waals surface area contributed by atoms with Crippen molar-refractivity contribution in [2.24, 2.45) is 18.9 Å². The normalized spacial score (nSPS) is 36.6. The second-order valence-corrected chi connectivity index (χ2v) is 4.84. The third-order valence-electron chi connectivity index (χ3n) is 3.72. The second kappa shape index (κ2) is 4.18. The maximum absolute atomic E-state index is 10.3. The highest BCUT2D eigenvalue weighted by Gasteiger charge is 2.42. The van der Waals surface area contributed by atoms with E-state index in [1.165, 1.54) is 0 Å². The summed E-state index contributed by atoms with van der Waals surface area (Å²) in [5.41, 5.74) is 0.740. The molecule has 2 rings (SSSR count). The molecule has 0 spiro atoms. The average molecular weight is 224 g/mol. The Hall–Kier alpha value is -0.870. The van der Waals surface area contributed by atoms with Crippen molar-refractivity contribution in [2.45, 2.75) is 39.1 Å². The topological polar surface area (TPSA) is 47.3 Å². The number of nitrogens with zero attached hydrogens (tertiary/aromatic N) is 2. The Labute approximate surface area is 96.2 Å². The molecule has 1 fully saturated rings. The summed E-state index contributed by atoms with van der Waals surface area (Å²) in [7, 11) is 1.86. The molecule has 1 aliphatic rings. The number of aryl methyl sites for hydroxylation is 1. The number of aliphatic hydroxyl groups is 1. The van der Waals surface area contributed by atoms with Crippen LogP contribution in [0.1, 0.15) is 32.6 Å². The zero-order chi connectivity index (χ0) is 11.9. The number of ether oxygens (including phenoxy) is 1. The molecule has 1 aliphatic heterocycles. The van der Waals surface area contributed by atoms with Crippen LogP contribution in [0.5, 0.6) is 0 Å². The van der Waals surface area contributed by atoms with Crippen molar-refractivity contribution in [2.75, 3.05) is 0 Å². The van der Waals surface area contributed by atoms with Gasteiger partial charge in [0.05, 0.1) is 17.9 Å². The Kier molecular flexibility index (Phi) is 3.04. The fourth-order valence-corrected chi connectivity index (χ4v) is 2.63. The fourth-order valence-electron chi connectivity index (χ4n) is 2.63. The van der Waals surface area contributed by atoms with E-state index in [0.29, 0.717) is 5.92 Å². The van der Waals surface area contributed by atoms with Crippen LogP contribution in [0.15, 0.2) is 12.3 Å². The molecule has 2 heterocycles. The lowest BCUT2D eigenvalue weighted by atomic mass is 9.84. The van der Waals surface area contributed by atoms with Gasteiger partial charge < -0.3 is 9.84 Å². The maximum atomic E-state index is 10.3. The fraction of sp³-hybridized carbons (Fsp3) is 0.750. The Bertz CT molecular complexity index is 364. The molecule has 0 radical (unpaired) electrons. The van der Waals surface area contributed by atoms with Crippen LogP contribution in [-0.4, -0.2) is 27.1 Å². The molecule has 0 saturated carbocycles. The zero-order valence-electron chi connectivity index (χ0n) is 10.3. The van der Waals surface area contributed by atoms with Gasteiger partial charge in [-0.1, -0.05) is 6.92 Å². The number of hydrogen-bond donors (Lipinski definition) is 1. The average Bonchev–Trinajstić information content (AvgIpc) is 2.73. The first-order chi connectivity index (χ1) is 7.50. The van der Waals surface area contributed by atoms with Crippen LogP contribution in [-0.2, 0) is 11.8 Å². The molecule has 4 heteroatoms. The van der Waals surface area contributed by atoms with E-state index in [-0.39, 0.29) is 18.1 Å². The first-order valence-corrected chi connectivity index (χ1v) is 5.83. The molecular weight excluding hydrogens is 204 g/mol. The molecule has 0 amide bonds. The van der Waals surface area contributed by atoms with Gasteiger partial charge in [0.15, 0.2) is 0 Å². The Balaban J connectivity index is 2.18. The van der Waals surface area contributed by atoms with Gasteiger partial charge in [0.25, 0.3) is 0 Å². The SMILES string of the molecule is CC1OC(C)C(C(O)c2ccn(C)n2)C1C. The van der Waals surface area contributed by atoms with Crippen molar-refractivity contribution < 1.29 is 9.84 Å². The van der Waals surface area contributed by atoms with Gasteiger partial charge >= 0.3 is 0 Å². The van der Waals surface area contributed by atoms with Gasteiger partial charge in [0.1, 0.15) is 6.10 Å². The van der Waals surface area contributed by atoms with Gasteiger partial charge in [-0.2, -0.15) is 5.10 Å². The van der Waals surface area contributed by atoms with Gasteiger partial charge in [-0.25, -0.2) is 0 Å². The van der Waals surface area contributed by atoms with E-state index in [1.807, 2.05) is 26.2 Å². The van der Waals surface area contributed by atoms with Crippen molar-refractivity contribution in [3.8, 4) is 0 Å². The van der Waals surface area contributed by atoms with E-state index >= 15 is 0 Å². The van der Waals surface area contributed by atoms with E-state index < -0.39 is 6.10 Å². The highest BCUT2D eigenvalue weighted by molar-refractivity contribution is 5.07. The molecule has 0 aromatic carbocycles. The van der Waals surface area contributed by atoms with E-state index in [2.05, 4.69) is 18.9 Å². The molecule has 1 aromatic rings. The van der Waals surface area contributed by atoms with Crippen LogP contribution in [0.4, 0.5) is 0 Å². The first kappa shape index (κ1) is 11.6. The third kappa shape index (κ3) is 1.87. The van der Waals surface area contributed by atoms with Crippen molar-refractivity contribution in [3.63, 3.8) is 0 Å². The molecule has 4 nitrogen and oxygen atoms in total. The minimum Gasteiger partial charge on any atom is -0.386 e. The second-order valence-electron chi connectivity index (χ2n) is 4.84. The highest BCUT2D eigenvalue weighted by atomic mass is 16.5. The Morgan fingerprint density at radius 3 is 2.50 bits per heavy atom. The van der Waals surface area contributed by atoms with Crippen molar-refractivity contribution in [1.29, 1.82) is 0 Å². The van der Waals surface area contributed by atoms with Gasteiger partial charge in [-0.3, -0.25) is 4.68 Å². The van der Waals surface area contributed by atoms with Crippen LogP contribution in [0, 0.1) is 11.8 Å². The lowest BCUT2D eigenvalue weighted by molar-refractivity contribution is 0.0216. The largest absolute Gasteiger partial charge is 0.386 e. The summed E-state index contributed by atoms with van der Waals surface area (Å²) < 4.78 is 7.46. The number of aliphatic hydroxyl groups excluding tert-OH is 1. The summed E-state index contributed by atoms with van der Waals surface area (Å²) in [6.07, 6.45) is 1.61. The molecule has 0 bridgehead atoms. The van der Waals surface area contributed by atoms with Crippen LogP contribution >= 0.6 is 0 Å². The van der Waals surface area contributed by atoms with Crippen LogP contribution in [0.25, 0.3) is 0 Å². The number of rotatable bonds is 2. The van der Waals surface area contributed by atoms with Crippen molar-refractivity contribution in [1.82, 2.24) is 9.78 Å². The molecule has 5 atom stereocenters. The summed E-state index contributed by atoms with van der Waals surface area (Å²) in [5, 5.41) is 14.6. The summed E-state index contributed by atoms with van der Waals surface area (Å²) >= 11 is 0. The lowest BCUT2D eigenvalue weighted by Crippen LogP contribution is -2.25. The van der Waals surface area contributed by atoms with Gasteiger partial charge in [0.2, 0.25) is 0 Å². The summed E-state index contributed by atoms with van der Waals surface area (Å²) in [6.45, 7) is 6.22. The van der Waals surface area contributed by atoms with E-state index in [0.717, 1.165) is 5.69 Å². The Morgan fingerprint density at radius 2 is 2.06 bits per heavy atom. The van der Waals surface area contributed by atoms with Crippen LogP contribution < -0.4 is 0 Å². The highest BCUT2D eigenvalue weighted by Crippen LogP contribution is 2.39. The minimum absolute atomic E-state index is 0.0852. The number of hydrogen-bond acceptors (Lipinski definition) is 3. The summed E-state index contributed by atoms with van der Waals surface area (Å²) in [4.78, 5) is 0. The molecule has 0 aliphatic carbocycles. The van der Waals surface area contributed by atoms with E-state index in [4.69, 9.17) is 4.74 Å². The quantitative estimate of drug-likeness (QED) is 0.828. The smallest absolute Gasteiger partial charge is 0.103 e. The summed E-state index contributed by atoms with van der Waals surface area (Å²) in [6, 6.07) is 1.87. The molecule has 16 heavy (non-hydrogen) atoms. The molecule has 5 unspecified atom stereocenters. The Morgan fingerprint density at radius 1 is 1.38 bits per heavy atom. The predicted molar refractivity (Wildman–Crippen MR) is 60.8 cm³/mol. The van der Waals surface area contributed by atoms with E-state index in [1.54, 1.807) is 4.68 Å². The molecular formula is C12H20N2O2. The van der Waals surface area contributed by atoms with Gasteiger partial charge in [-0.05, 0) is 25.8 Å². The standard InChI is InChI=1S/C12H20N2O2/c1-7-8(2)16-9(3)11(7)12(15)10-5-6-14(4)13-10/h5-9,11-12,15H,1-4H3. The number of aromatic nitrogens is 2. The van der Waals surface area contributed by atoms with Crippen LogP contribution in [0.2, 0.25) is 0 Å². The van der Waals surface area contributed by atoms with Gasteiger partial charge in [-0.15, -0.1) is 0 Å². The van der Waals surface area contributed by atoms with Gasteiger partial charge in [0, 0.05) is 19.2 Å². The van der Waals surface area contributed by atoms with Crippen molar-refractivity contribution in [3.05, 3.63) is 18.0 Å². The summed E-state index contributed by atoms with van der Waals surface area (Å²) in [5.74, 6) is 0.483. The predicted octanol–water partition coefficient (Wildman–Crippen LogP) is 1.51. The third-order valence-corrected chi connectivity index (χ3v) is 3.72. The first-order valence-electron chi connectivity index (χ1n) is 5.83. The monoisotopic (exact) mass is 224 g/mol. The molecule has 1 aromatic heterocycles. The molecule has 90 valence electrons. The maximum Gasteiger partial charge on any atom is 0.103 e. The van der Waals surface area contributed by atoms with E-state index in [9.17, 15) is 5.11 Å². The van der Waals surface area contributed by atoms with Crippen molar-refractivity contribution >= 4 is 0 Å².